The highest BCUT2D eigenvalue weighted by molar-refractivity contribution is 5.28. The van der Waals surface area contributed by atoms with Gasteiger partial charge >= 0.3 is 0 Å². The number of aryl methyl sites for hydroxylation is 1. The van der Waals surface area contributed by atoms with Crippen LogP contribution in [0.4, 0.5) is 0 Å². The van der Waals surface area contributed by atoms with E-state index in [-0.39, 0.29) is 0 Å². The molecule has 1 nitrogen and oxygen atoms in total. The van der Waals surface area contributed by atoms with Gasteiger partial charge in [0.2, 0.25) is 0 Å². The van der Waals surface area contributed by atoms with Crippen LogP contribution in [-0.2, 0) is 6.42 Å². The van der Waals surface area contributed by atoms with Gasteiger partial charge in [-0.05, 0) is 66.4 Å². The van der Waals surface area contributed by atoms with Gasteiger partial charge in [0, 0.05) is 6.04 Å². The average molecular weight is 241 g/mol. The molecule has 0 heterocycles. The molecular formula is C17H23N. The Labute approximate surface area is 110 Å². The van der Waals surface area contributed by atoms with E-state index >= 15 is 0 Å². The number of hydrogen-bond acceptors (Lipinski definition) is 1. The smallest absolute Gasteiger partial charge is 0.0329 e. The van der Waals surface area contributed by atoms with E-state index in [4.69, 9.17) is 5.73 Å². The molecule has 2 N–H and O–H groups in total. The molecule has 5 atom stereocenters. The van der Waals surface area contributed by atoms with Crippen LogP contribution in [0.2, 0.25) is 0 Å². The summed E-state index contributed by atoms with van der Waals surface area (Å²) in [6, 6.07) is 9.33. The van der Waals surface area contributed by atoms with Gasteiger partial charge in [-0.15, -0.1) is 0 Å². The summed E-state index contributed by atoms with van der Waals surface area (Å²) in [5, 5.41) is 0. The third-order valence-electron chi connectivity index (χ3n) is 5.98. The summed E-state index contributed by atoms with van der Waals surface area (Å²) in [6.07, 6.45) is 5.62. The van der Waals surface area contributed by atoms with Crippen molar-refractivity contribution in [3.63, 3.8) is 0 Å². The molecule has 18 heavy (non-hydrogen) atoms. The van der Waals surface area contributed by atoms with E-state index in [1.807, 2.05) is 0 Å². The number of benzene rings is 1. The molecule has 3 saturated carbocycles. The van der Waals surface area contributed by atoms with E-state index in [9.17, 15) is 0 Å². The van der Waals surface area contributed by atoms with Crippen molar-refractivity contribution in [2.24, 2.45) is 35.3 Å². The molecule has 96 valence electrons. The van der Waals surface area contributed by atoms with Crippen molar-refractivity contribution in [3.05, 3.63) is 35.4 Å². The van der Waals surface area contributed by atoms with E-state index in [0.29, 0.717) is 6.04 Å². The van der Waals surface area contributed by atoms with Crippen LogP contribution in [0, 0.1) is 29.6 Å². The molecule has 0 aliphatic heterocycles. The van der Waals surface area contributed by atoms with Gasteiger partial charge in [0.1, 0.15) is 0 Å². The minimum Gasteiger partial charge on any atom is -0.324 e. The van der Waals surface area contributed by atoms with Crippen LogP contribution in [-0.4, -0.2) is 0 Å². The van der Waals surface area contributed by atoms with Crippen molar-refractivity contribution in [2.75, 3.05) is 0 Å². The normalized spacial score (nSPS) is 41.8. The molecule has 0 amide bonds. The molecule has 0 spiro atoms. The predicted molar refractivity (Wildman–Crippen MR) is 74.0 cm³/mol. The molecule has 5 unspecified atom stereocenters. The molecule has 0 radical (unpaired) electrons. The zero-order valence-corrected chi connectivity index (χ0v) is 11.2. The van der Waals surface area contributed by atoms with Gasteiger partial charge in [0.15, 0.2) is 0 Å². The first-order chi connectivity index (χ1) is 8.79. The molecule has 1 aromatic rings. The second-order valence-corrected chi connectivity index (χ2v) is 6.69. The minimum absolute atomic E-state index is 0.300. The summed E-state index contributed by atoms with van der Waals surface area (Å²) >= 11 is 0. The zero-order valence-electron chi connectivity index (χ0n) is 11.2. The van der Waals surface area contributed by atoms with Gasteiger partial charge in [-0.1, -0.05) is 31.2 Å². The summed E-state index contributed by atoms with van der Waals surface area (Å²) < 4.78 is 0. The van der Waals surface area contributed by atoms with Crippen LogP contribution in [0.25, 0.3) is 0 Å². The first-order valence-corrected chi connectivity index (χ1v) is 7.64. The maximum absolute atomic E-state index is 6.53. The van der Waals surface area contributed by atoms with Crippen molar-refractivity contribution in [1.82, 2.24) is 0 Å². The van der Waals surface area contributed by atoms with Crippen LogP contribution >= 0.6 is 0 Å². The fourth-order valence-electron chi connectivity index (χ4n) is 5.07. The van der Waals surface area contributed by atoms with Crippen LogP contribution in [0.3, 0.4) is 0 Å². The Morgan fingerprint density at radius 1 is 1.11 bits per heavy atom. The van der Waals surface area contributed by atoms with Gasteiger partial charge in [-0.25, -0.2) is 0 Å². The van der Waals surface area contributed by atoms with Gasteiger partial charge in [-0.2, -0.15) is 0 Å². The molecule has 0 aromatic heterocycles. The van der Waals surface area contributed by atoms with E-state index in [1.54, 1.807) is 0 Å². The summed E-state index contributed by atoms with van der Waals surface area (Å²) in [4.78, 5) is 0. The number of nitrogens with two attached hydrogens (primary N) is 1. The highest BCUT2D eigenvalue weighted by Crippen LogP contribution is 2.71. The third kappa shape index (κ3) is 1.43. The standard InChI is InChI=1S/C17H23N/c1-2-10-3-5-11(6-4-10)17(18)16-14-12-7-8-13(9-12)15(14)16/h3-6,12-17H,2,7-9,18H2,1H3. The van der Waals surface area contributed by atoms with Crippen molar-refractivity contribution in [2.45, 2.75) is 38.6 Å². The van der Waals surface area contributed by atoms with E-state index < -0.39 is 0 Å². The molecule has 3 aliphatic carbocycles. The lowest BCUT2D eigenvalue weighted by Gasteiger charge is -2.16. The lowest BCUT2D eigenvalue weighted by molar-refractivity contribution is 0.417. The SMILES string of the molecule is CCc1ccc(C(N)C2C3C4CCC(C4)C32)cc1. The molecule has 2 bridgehead atoms. The van der Waals surface area contributed by atoms with E-state index in [2.05, 4.69) is 31.2 Å². The Kier molecular flexibility index (Phi) is 2.35. The second-order valence-electron chi connectivity index (χ2n) is 6.69. The topological polar surface area (TPSA) is 26.0 Å². The van der Waals surface area contributed by atoms with Gasteiger partial charge in [0.25, 0.3) is 0 Å². The molecule has 3 aliphatic rings. The Morgan fingerprint density at radius 2 is 1.72 bits per heavy atom. The first kappa shape index (κ1) is 11.0. The Hall–Kier alpha value is -0.820. The second kappa shape index (κ2) is 3.84. The van der Waals surface area contributed by atoms with Crippen LogP contribution < -0.4 is 5.73 Å². The largest absolute Gasteiger partial charge is 0.324 e. The average Bonchev–Trinajstić information content (AvgIpc) is 2.85. The Bertz CT molecular complexity index is 433. The zero-order chi connectivity index (χ0) is 12.3. The quantitative estimate of drug-likeness (QED) is 0.860. The monoisotopic (exact) mass is 241 g/mol. The summed E-state index contributed by atoms with van der Waals surface area (Å²) in [5.74, 6) is 4.86. The van der Waals surface area contributed by atoms with E-state index in [1.165, 1.54) is 30.4 Å². The predicted octanol–water partition coefficient (Wildman–Crippen LogP) is 3.54. The van der Waals surface area contributed by atoms with Crippen molar-refractivity contribution in [1.29, 1.82) is 0 Å². The fraction of sp³-hybridized carbons (Fsp3) is 0.647. The maximum atomic E-state index is 6.53. The van der Waals surface area contributed by atoms with Crippen LogP contribution in [0.1, 0.15) is 43.4 Å². The highest BCUT2D eigenvalue weighted by atomic mass is 14.8. The Morgan fingerprint density at radius 3 is 2.28 bits per heavy atom. The van der Waals surface area contributed by atoms with Crippen LogP contribution in [0.15, 0.2) is 24.3 Å². The van der Waals surface area contributed by atoms with E-state index in [0.717, 1.165) is 36.0 Å². The first-order valence-electron chi connectivity index (χ1n) is 7.64. The van der Waals surface area contributed by atoms with Gasteiger partial charge < -0.3 is 5.73 Å². The molecule has 3 fully saturated rings. The number of rotatable bonds is 3. The lowest BCUT2D eigenvalue weighted by atomic mass is 9.93. The summed E-state index contributed by atoms with van der Waals surface area (Å²) in [6.45, 7) is 2.21. The number of hydrogen-bond donors (Lipinski definition) is 1. The summed E-state index contributed by atoms with van der Waals surface area (Å²) in [5.41, 5.74) is 9.32. The highest BCUT2D eigenvalue weighted by Gasteiger charge is 2.66. The minimum atomic E-state index is 0.300. The number of fused-ring (bicyclic) bond motifs is 5. The summed E-state index contributed by atoms with van der Waals surface area (Å²) in [7, 11) is 0. The Balaban J connectivity index is 1.52. The molecule has 4 rings (SSSR count). The molecule has 0 saturated heterocycles. The molecule has 1 heteroatoms. The van der Waals surface area contributed by atoms with Gasteiger partial charge in [-0.3, -0.25) is 0 Å². The lowest BCUT2D eigenvalue weighted by Crippen LogP contribution is -2.17. The maximum Gasteiger partial charge on any atom is 0.0329 e. The van der Waals surface area contributed by atoms with Gasteiger partial charge in [0.05, 0.1) is 0 Å². The van der Waals surface area contributed by atoms with Crippen molar-refractivity contribution in [3.8, 4) is 0 Å². The fourth-order valence-corrected chi connectivity index (χ4v) is 5.07. The third-order valence-corrected chi connectivity index (χ3v) is 5.98. The molecule has 1 aromatic carbocycles. The van der Waals surface area contributed by atoms with Crippen molar-refractivity contribution >= 4 is 0 Å². The van der Waals surface area contributed by atoms with Crippen LogP contribution in [0.5, 0.6) is 0 Å². The molecular weight excluding hydrogens is 218 g/mol. The van der Waals surface area contributed by atoms with Crippen molar-refractivity contribution < 1.29 is 0 Å².